The van der Waals surface area contributed by atoms with Crippen molar-refractivity contribution in [3.05, 3.63) is 60.4 Å². The average Bonchev–Trinajstić information content (AvgIpc) is 3.22. The lowest BCUT2D eigenvalue weighted by molar-refractivity contribution is 0.320. The third-order valence-corrected chi connectivity index (χ3v) is 6.40. The molecule has 2 aromatic heterocycles. The Morgan fingerprint density at radius 2 is 1.75 bits per heavy atom. The number of aromatic nitrogens is 2. The van der Waals surface area contributed by atoms with Gasteiger partial charge in [0, 0.05) is 30.9 Å². The Hall–Kier alpha value is -3.12. The number of furan rings is 1. The predicted octanol–water partition coefficient (Wildman–Crippen LogP) is 5.20. The number of para-hydroxylation sites is 2. The van der Waals surface area contributed by atoms with Crippen LogP contribution >= 0.6 is 0 Å². The minimum Gasteiger partial charge on any atom is -0.460 e. The lowest BCUT2D eigenvalue weighted by atomic mass is 9.86. The van der Waals surface area contributed by atoms with Crippen molar-refractivity contribution in [1.29, 1.82) is 0 Å². The van der Waals surface area contributed by atoms with Crippen LogP contribution in [0.1, 0.15) is 31.4 Å². The Bertz CT molecular complexity index is 1160. The van der Waals surface area contributed by atoms with Crippen LogP contribution in [0.15, 0.2) is 59.0 Å². The van der Waals surface area contributed by atoms with Crippen molar-refractivity contribution in [3.8, 4) is 0 Å². The standard InChI is InChI=1S/C26H31N5O/c1-31(2)25-22-8-4-5-9-23(22)29-26(30-25)28-20-13-11-18(12-14-20)16-27-17-21-15-19-7-3-6-10-24(19)32-21/h3-10,15,18,20,27H,11-14,16-17H2,1-2H3,(H,28,29,30). The van der Waals surface area contributed by atoms with Gasteiger partial charge in [0.05, 0.1) is 12.1 Å². The average molecular weight is 430 g/mol. The third kappa shape index (κ3) is 4.55. The van der Waals surface area contributed by atoms with Crippen LogP contribution in [-0.2, 0) is 6.54 Å². The molecule has 6 nitrogen and oxygen atoms in total. The van der Waals surface area contributed by atoms with E-state index in [1.165, 1.54) is 18.2 Å². The minimum absolute atomic E-state index is 0.429. The zero-order chi connectivity index (χ0) is 21.9. The second-order valence-electron chi connectivity index (χ2n) is 9.03. The first-order valence-electron chi connectivity index (χ1n) is 11.5. The van der Waals surface area contributed by atoms with E-state index in [1.807, 2.05) is 44.4 Å². The van der Waals surface area contributed by atoms with E-state index in [0.29, 0.717) is 12.0 Å². The molecule has 0 atom stereocenters. The molecule has 6 heteroatoms. The largest absolute Gasteiger partial charge is 0.460 e. The van der Waals surface area contributed by atoms with Gasteiger partial charge in [0.25, 0.3) is 0 Å². The molecule has 1 aliphatic rings. The second-order valence-corrected chi connectivity index (χ2v) is 9.03. The number of hydrogen-bond acceptors (Lipinski definition) is 6. The molecule has 1 fully saturated rings. The Morgan fingerprint density at radius 3 is 2.56 bits per heavy atom. The van der Waals surface area contributed by atoms with Gasteiger partial charge < -0.3 is 20.0 Å². The molecule has 2 heterocycles. The first kappa shape index (κ1) is 20.8. The van der Waals surface area contributed by atoms with Gasteiger partial charge in [-0.15, -0.1) is 0 Å². The van der Waals surface area contributed by atoms with Crippen LogP contribution in [0.2, 0.25) is 0 Å². The molecule has 0 saturated heterocycles. The number of nitrogens with zero attached hydrogens (tertiary/aromatic N) is 3. The minimum atomic E-state index is 0.429. The zero-order valence-electron chi connectivity index (χ0n) is 18.8. The SMILES string of the molecule is CN(C)c1nc(NC2CCC(CNCc3cc4ccccc4o3)CC2)nc2ccccc12. The maximum atomic E-state index is 5.91. The van der Waals surface area contributed by atoms with Gasteiger partial charge in [0.15, 0.2) is 0 Å². The summed E-state index contributed by atoms with van der Waals surface area (Å²) in [5.41, 5.74) is 1.95. The summed E-state index contributed by atoms with van der Waals surface area (Å²) in [4.78, 5) is 11.6. The molecule has 2 aromatic carbocycles. The van der Waals surface area contributed by atoms with Crippen LogP contribution in [-0.4, -0.2) is 36.6 Å². The van der Waals surface area contributed by atoms with Gasteiger partial charge in [0.1, 0.15) is 17.2 Å². The van der Waals surface area contributed by atoms with Crippen molar-refractivity contribution in [3.63, 3.8) is 0 Å². The van der Waals surface area contributed by atoms with E-state index < -0.39 is 0 Å². The van der Waals surface area contributed by atoms with Gasteiger partial charge in [0.2, 0.25) is 5.95 Å². The Morgan fingerprint density at radius 1 is 0.969 bits per heavy atom. The normalized spacial score (nSPS) is 18.8. The number of benzene rings is 2. The molecule has 0 aliphatic heterocycles. The number of hydrogen-bond donors (Lipinski definition) is 2. The lowest BCUT2D eigenvalue weighted by Crippen LogP contribution is -2.31. The summed E-state index contributed by atoms with van der Waals surface area (Å²) in [5.74, 6) is 3.40. The molecule has 5 rings (SSSR count). The zero-order valence-corrected chi connectivity index (χ0v) is 18.8. The van der Waals surface area contributed by atoms with Gasteiger partial charge in [-0.1, -0.05) is 30.3 Å². The van der Waals surface area contributed by atoms with E-state index in [1.54, 1.807) is 0 Å². The molecule has 1 saturated carbocycles. The lowest BCUT2D eigenvalue weighted by Gasteiger charge is -2.29. The molecular weight excluding hydrogens is 398 g/mol. The molecular formula is C26H31N5O. The van der Waals surface area contributed by atoms with E-state index in [0.717, 1.165) is 59.9 Å². The van der Waals surface area contributed by atoms with Gasteiger partial charge in [-0.25, -0.2) is 4.98 Å². The summed E-state index contributed by atoms with van der Waals surface area (Å²) in [7, 11) is 4.06. The number of fused-ring (bicyclic) bond motifs is 2. The monoisotopic (exact) mass is 429 g/mol. The molecule has 0 spiro atoms. The highest BCUT2D eigenvalue weighted by molar-refractivity contribution is 5.90. The third-order valence-electron chi connectivity index (χ3n) is 6.40. The van der Waals surface area contributed by atoms with Gasteiger partial charge >= 0.3 is 0 Å². The van der Waals surface area contributed by atoms with Crippen molar-refractivity contribution >= 4 is 33.6 Å². The Balaban J connectivity index is 1.13. The van der Waals surface area contributed by atoms with Gasteiger partial charge in [-0.05, 0) is 62.4 Å². The summed E-state index contributed by atoms with van der Waals surface area (Å²) in [6.07, 6.45) is 4.70. The van der Waals surface area contributed by atoms with Gasteiger partial charge in [-0.2, -0.15) is 4.98 Å². The molecule has 0 amide bonds. The van der Waals surface area contributed by atoms with Crippen LogP contribution in [0.3, 0.4) is 0 Å². The van der Waals surface area contributed by atoms with Crippen LogP contribution in [0.25, 0.3) is 21.9 Å². The number of nitrogens with one attached hydrogen (secondary N) is 2. The molecule has 0 unspecified atom stereocenters. The maximum absolute atomic E-state index is 5.91. The molecule has 166 valence electrons. The summed E-state index contributed by atoms with van der Waals surface area (Å²) >= 11 is 0. The Kier molecular flexibility index (Phi) is 5.95. The van der Waals surface area contributed by atoms with Crippen molar-refractivity contribution in [2.75, 3.05) is 30.9 Å². The van der Waals surface area contributed by atoms with Crippen LogP contribution in [0.4, 0.5) is 11.8 Å². The fourth-order valence-corrected chi connectivity index (χ4v) is 4.68. The van der Waals surface area contributed by atoms with Crippen molar-refractivity contribution in [2.45, 2.75) is 38.3 Å². The predicted molar refractivity (Wildman–Crippen MR) is 131 cm³/mol. The number of rotatable bonds is 7. The molecule has 2 N–H and O–H groups in total. The fourth-order valence-electron chi connectivity index (χ4n) is 4.68. The molecule has 4 aromatic rings. The van der Waals surface area contributed by atoms with E-state index in [2.05, 4.69) is 39.8 Å². The summed E-state index contributed by atoms with van der Waals surface area (Å²) < 4.78 is 5.91. The number of anilines is 2. The van der Waals surface area contributed by atoms with E-state index in [9.17, 15) is 0 Å². The van der Waals surface area contributed by atoms with E-state index in [-0.39, 0.29) is 0 Å². The first-order chi connectivity index (χ1) is 15.7. The smallest absolute Gasteiger partial charge is 0.225 e. The van der Waals surface area contributed by atoms with E-state index in [4.69, 9.17) is 14.4 Å². The van der Waals surface area contributed by atoms with E-state index >= 15 is 0 Å². The van der Waals surface area contributed by atoms with Crippen molar-refractivity contribution in [1.82, 2.24) is 15.3 Å². The molecule has 1 aliphatic carbocycles. The highest BCUT2D eigenvalue weighted by Crippen LogP contribution is 2.28. The quantitative estimate of drug-likeness (QED) is 0.421. The Labute approximate surface area is 189 Å². The fraction of sp³-hybridized carbons (Fsp3) is 0.385. The van der Waals surface area contributed by atoms with Crippen LogP contribution in [0, 0.1) is 5.92 Å². The highest BCUT2D eigenvalue weighted by Gasteiger charge is 2.22. The van der Waals surface area contributed by atoms with Crippen molar-refractivity contribution in [2.24, 2.45) is 5.92 Å². The highest BCUT2D eigenvalue weighted by atomic mass is 16.3. The molecule has 32 heavy (non-hydrogen) atoms. The summed E-state index contributed by atoms with van der Waals surface area (Å²) in [5, 5.41) is 9.45. The topological polar surface area (TPSA) is 66.2 Å². The summed E-state index contributed by atoms with van der Waals surface area (Å²) in [6.45, 7) is 1.81. The van der Waals surface area contributed by atoms with Crippen LogP contribution < -0.4 is 15.5 Å². The second kappa shape index (κ2) is 9.17. The molecule has 0 radical (unpaired) electrons. The van der Waals surface area contributed by atoms with Crippen LogP contribution in [0.5, 0.6) is 0 Å². The maximum Gasteiger partial charge on any atom is 0.225 e. The first-order valence-corrected chi connectivity index (χ1v) is 11.5. The van der Waals surface area contributed by atoms with Crippen molar-refractivity contribution < 1.29 is 4.42 Å². The van der Waals surface area contributed by atoms with Gasteiger partial charge in [-0.3, -0.25) is 0 Å². The summed E-state index contributed by atoms with van der Waals surface area (Å²) in [6, 6.07) is 18.9. The molecule has 0 bridgehead atoms.